The molecular weight excluding hydrogens is 1400 g/mol. The molecule has 0 radical (unpaired) electrons. The van der Waals surface area contributed by atoms with Crippen LogP contribution in [0.1, 0.15) is 125 Å². The van der Waals surface area contributed by atoms with E-state index in [4.69, 9.17) is 49.1 Å². The summed E-state index contributed by atoms with van der Waals surface area (Å²) in [6.45, 7) is 7.13. The Balaban J connectivity index is 1.05. The van der Waals surface area contributed by atoms with Gasteiger partial charge in [0, 0.05) is 61.5 Å². The first-order valence-electron chi connectivity index (χ1n) is 29.8. The zero-order valence-corrected chi connectivity index (χ0v) is 57.0. The molecule has 6 amide bonds. The van der Waals surface area contributed by atoms with E-state index in [2.05, 4.69) is 48.1 Å². The van der Waals surface area contributed by atoms with Gasteiger partial charge in [0.05, 0.1) is 48.8 Å². The summed E-state index contributed by atoms with van der Waals surface area (Å²) in [6.07, 6.45) is -7.91. The number of primary amides is 1. The third kappa shape index (κ3) is 13.7. The van der Waals surface area contributed by atoms with Gasteiger partial charge in [0.25, 0.3) is 29.5 Å². The Bertz CT molecular complexity index is 4670. The number of amides is 6. The van der Waals surface area contributed by atoms with Crippen LogP contribution in [0.5, 0.6) is 5.75 Å². The van der Waals surface area contributed by atoms with Gasteiger partial charge in [0.2, 0.25) is 5.91 Å². The van der Waals surface area contributed by atoms with E-state index in [1.807, 2.05) is 0 Å². The first-order valence-corrected chi connectivity index (χ1v) is 34.2. The van der Waals surface area contributed by atoms with Gasteiger partial charge < -0.3 is 86.2 Å². The molecule has 12 bridgehead atoms. The van der Waals surface area contributed by atoms with Gasteiger partial charge >= 0.3 is 11.9 Å². The fraction of sp³-hybridized carbons (Fsp3) is 0.344. The van der Waals surface area contributed by atoms with Crippen molar-refractivity contribution in [2.24, 2.45) is 5.73 Å². The van der Waals surface area contributed by atoms with Crippen LogP contribution in [0.25, 0.3) is 49.3 Å². The highest BCUT2D eigenvalue weighted by Gasteiger charge is 2.50. The summed E-state index contributed by atoms with van der Waals surface area (Å²) in [5.74, 6) is -9.64. The lowest BCUT2D eigenvalue weighted by atomic mass is 9.85. The third-order valence-electron chi connectivity index (χ3n) is 16.4. The number of nitrogens with zero attached hydrogens (tertiary/aromatic N) is 8. The number of methoxy groups -OCH3 is 1. The van der Waals surface area contributed by atoms with Crippen LogP contribution in [-0.2, 0) is 56.0 Å². The lowest BCUT2D eigenvalue weighted by Gasteiger charge is -2.48. The maximum Gasteiger partial charge on any atom is 0.358 e. The van der Waals surface area contributed by atoms with Crippen LogP contribution in [0.4, 0.5) is 4.39 Å². The average molecular weight is 1460 g/mol. The molecule has 1 fully saturated rings. The Hall–Kier alpha value is -9.61. The first-order chi connectivity index (χ1) is 47.1. The second-order valence-electron chi connectivity index (χ2n) is 23.5. The summed E-state index contributed by atoms with van der Waals surface area (Å²) in [4.78, 5) is 143. The second-order valence-corrected chi connectivity index (χ2v) is 27.8. The van der Waals surface area contributed by atoms with Crippen molar-refractivity contribution in [2.75, 3.05) is 27.8 Å². The average Bonchev–Trinajstić information content (AvgIpc) is 1.64. The SMILES string of the molecule is C=C(NC(=O)c1csc(-c2nc3c(cc2O)-c2nc(cs2)C(=O)NC(C(C)O)C(=O)N/C(=C(\C)OC)c2nc(cs2)C(=O)NC2c4nc(cs4)C(=O)NC(COC(=O)c4c5c6c(cc(F)cc6n4O)COC(=O)C(OC4CC(C)(O)C(N(C)C)C(C)O4)C2OC5)c2nc-3cs2)n1)C(N)=O. The molecule has 1 aromatic carbocycles. The van der Waals surface area contributed by atoms with Gasteiger partial charge in [0.1, 0.15) is 125 Å². The van der Waals surface area contributed by atoms with Crippen LogP contribution < -0.4 is 32.3 Å². The van der Waals surface area contributed by atoms with Gasteiger partial charge in [-0.15, -0.1) is 56.7 Å². The van der Waals surface area contributed by atoms with E-state index < -0.39 is 151 Å². The van der Waals surface area contributed by atoms with Gasteiger partial charge in [0.15, 0.2) is 18.1 Å². The molecule has 518 valence electrons. The molecule has 7 aromatic heterocycles. The van der Waals surface area contributed by atoms with Crippen molar-refractivity contribution in [2.45, 2.75) is 108 Å². The molecule has 11 heterocycles. The van der Waals surface area contributed by atoms with Gasteiger partial charge in [-0.05, 0) is 53.9 Å². The number of carbonyl (C=O) groups excluding carboxylic acids is 8. The summed E-state index contributed by atoms with van der Waals surface area (Å²) >= 11 is 4.31. The molecular formula is C61H59FN14O18S5. The van der Waals surface area contributed by atoms with Crippen LogP contribution in [0, 0.1) is 5.82 Å². The molecule has 4 aliphatic heterocycles. The van der Waals surface area contributed by atoms with Crippen LogP contribution in [0.3, 0.4) is 0 Å². The Morgan fingerprint density at radius 3 is 2.22 bits per heavy atom. The Morgan fingerprint density at radius 1 is 0.859 bits per heavy atom. The topological polar surface area (TPSA) is 445 Å². The summed E-state index contributed by atoms with van der Waals surface area (Å²) in [6, 6.07) is -2.30. The number of thiazole rings is 5. The maximum atomic E-state index is 15.9. The predicted molar refractivity (Wildman–Crippen MR) is 350 cm³/mol. The number of pyridine rings is 1. The number of likely N-dealkylation sites (N-methyl/N-ethyl adjacent to an activating group) is 1. The highest BCUT2D eigenvalue weighted by Crippen LogP contribution is 2.43. The standard InChI is InChI=1S/C61H59FN14O18S5/c1-21(48(63)79)64-49(80)31-18-98-57(69-31)42-36(78)11-27-41(71-42)30-16-96-55(66-30)29-15-92-59(85)44-28-14-90-45(46(94-37-12-61(5,87)47(75(6)7)24(4)93-37)60(86)91-13-25-9-26(62)10-35(38(25)28)76(44)88)43(58-70-32(19-99-58)50(81)65-29)74-52(83)34-20-97-56(68-34)40(23(3)89-8)73-53(84)39(22(2)77)72-51(82)33-17-95-54(27)67-33/h9-11,16-20,22,24,29,37,39,43,45-47,77-78,87-88H,1,12-15H2,2-8H3,(H2,63,79)(H,64,80)(H,65,81)(H,72,82)(H,73,84)(H,74,83)/b40-23+. The highest BCUT2D eigenvalue weighted by molar-refractivity contribution is 7.14. The van der Waals surface area contributed by atoms with Crippen molar-refractivity contribution in [3.05, 3.63) is 124 Å². The van der Waals surface area contributed by atoms with Crippen LogP contribution >= 0.6 is 56.7 Å². The molecule has 0 saturated carbocycles. The Morgan fingerprint density at radius 2 is 1.52 bits per heavy atom. The van der Waals surface area contributed by atoms with Crippen molar-refractivity contribution in [3.63, 3.8) is 0 Å². The third-order valence-corrected chi connectivity index (χ3v) is 20.8. The number of hydrogen-bond donors (Lipinski definition) is 10. The Kier molecular flexibility index (Phi) is 19.3. The van der Waals surface area contributed by atoms with E-state index in [1.165, 1.54) is 53.9 Å². The first kappa shape index (κ1) is 69.3. The molecule has 11 N–H and O–H groups in total. The zero-order chi connectivity index (χ0) is 70.8. The number of rotatable bonds is 9. The normalized spacial score (nSPS) is 23.9. The number of aliphatic hydroxyl groups is 2. The number of halogens is 1. The van der Waals surface area contributed by atoms with Crippen LogP contribution in [-0.4, -0.2) is 184 Å². The quantitative estimate of drug-likeness (QED) is 0.0422. The predicted octanol–water partition coefficient (Wildman–Crippen LogP) is 4.03. The summed E-state index contributed by atoms with van der Waals surface area (Å²) in [7, 11) is 4.77. The highest BCUT2D eigenvalue weighted by atomic mass is 32.1. The number of nitrogens with two attached hydrogens (primary N) is 1. The number of carbonyl (C=O) groups is 8. The molecule has 32 nitrogen and oxygen atoms in total. The number of aliphatic hydroxyl groups excluding tert-OH is 1. The lowest BCUT2D eigenvalue weighted by Crippen LogP contribution is -2.62. The fourth-order valence-corrected chi connectivity index (χ4v) is 16.0. The largest absolute Gasteiger partial charge is 0.506 e. The summed E-state index contributed by atoms with van der Waals surface area (Å²) in [5.41, 5.74) is 0.647. The van der Waals surface area contributed by atoms with Crippen molar-refractivity contribution in [1.82, 2.24) is 66.1 Å². The fourth-order valence-electron chi connectivity index (χ4n) is 11.8. The number of aromatic hydroxyl groups is 1. The van der Waals surface area contributed by atoms with E-state index in [0.29, 0.717) is 4.73 Å². The second kappa shape index (κ2) is 27.6. The number of nitrogens with one attached hydrogen (secondary N) is 5. The number of esters is 2. The number of cyclic esters (lactones) is 2. The molecule has 10 unspecified atom stereocenters. The molecule has 0 spiro atoms. The molecule has 4 aliphatic rings. The van der Waals surface area contributed by atoms with Crippen molar-refractivity contribution in [1.29, 1.82) is 0 Å². The Labute approximate surface area is 578 Å². The summed E-state index contributed by atoms with van der Waals surface area (Å²) < 4.78 is 53.5. The number of hydrogen-bond acceptors (Lipinski definition) is 30. The monoisotopic (exact) mass is 1450 g/mol. The molecule has 12 rings (SSSR count). The van der Waals surface area contributed by atoms with Gasteiger partial charge in [-0.25, -0.2) is 43.9 Å². The van der Waals surface area contributed by atoms with Crippen LogP contribution in [0.2, 0.25) is 0 Å². The van der Waals surface area contributed by atoms with Crippen molar-refractivity contribution < 1.29 is 91.7 Å². The molecule has 1 saturated heterocycles. The van der Waals surface area contributed by atoms with E-state index in [0.717, 1.165) is 68.8 Å². The number of aromatic nitrogens is 7. The van der Waals surface area contributed by atoms with E-state index in [1.54, 1.807) is 32.8 Å². The van der Waals surface area contributed by atoms with E-state index in [-0.39, 0.29) is 110 Å². The minimum atomic E-state index is -2.02. The molecule has 8 aromatic rings. The lowest BCUT2D eigenvalue weighted by molar-refractivity contribution is -0.280. The minimum Gasteiger partial charge on any atom is -0.506 e. The smallest absolute Gasteiger partial charge is 0.358 e. The maximum absolute atomic E-state index is 15.9. The van der Waals surface area contributed by atoms with E-state index in [9.17, 15) is 44.5 Å². The minimum absolute atomic E-state index is 0.00358. The molecule has 0 aliphatic carbocycles. The van der Waals surface area contributed by atoms with Gasteiger partial charge in [-0.1, -0.05) is 6.58 Å². The van der Waals surface area contributed by atoms with E-state index >= 15 is 18.8 Å². The number of benzene rings is 1. The zero-order valence-electron chi connectivity index (χ0n) is 52.9. The number of fused-ring (bicyclic) bond motifs is 15. The summed E-state index contributed by atoms with van der Waals surface area (Å²) in [5, 5.41) is 66.6. The van der Waals surface area contributed by atoms with Crippen molar-refractivity contribution >= 4 is 121 Å². The molecule has 38 heteroatoms. The molecule has 99 heavy (non-hydrogen) atoms. The van der Waals surface area contributed by atoms with Gasteiger partial charge in [-0.2, -0.15) is 4.73 Å². The number of allylic oxidation sites excluding steroid dienone is 1. The van der Waals surface area contributed by atoms with Crippen LogP contribution in [0.15, 0.2) is 63.1 Å². The van der Waals surface area contributed by atoms with Crippen molar-refractivity contribution in [3.8, 4) is 38.4 Å². The number of ether oxygens (including phenoxy) is 6. The van der Waals surface area contributed by atoms with Gasteiger partial charge in [-0.3, -0.25) is 28.8 Å². The molecule has 10 atom stereocenters.